The molecule has 0 radical (unpaired) electrons. The SMILES string of the molecule is COc1ccccc1[C@@H](C)NC(=O)[C@H]1Cc2ccccc2O1. The predicted octanol–water partition coefficient (Wildman–Crippen LogP) is 2.88. The third kappa shape index (κ3) is 2.77. The minimum absolute atomic E-state index is 0.102. The second kappa shape index (κ2) is 6.10. The van der Waals surface area contributed by atoms with E-state index in [1.54, 1.807) is 7.11 Å². The first-order valence-corrected chi connectivity index (χ1v) is 7.37. The van der Waals surface area contributed by atoms with Gasteiger partial charge in [-0.25, -0.2) is 0 Å². The smallest absolute Gasteiger partial charge is 0.261 e. The van der Waals surface area contributed by atoms with Gasteiger partial charge in [-0.05, 0) is 24.6 Å². The summed E-state index contributed by atoms with van der Waals surface area (Å²) < 4.78 is 11.1. The lowest BCUT2D eigenvalue weighted by Crippen LogP contribution is -2.38. The number of hydrogen-bond acceptors (Lipinski definition) is 3. The van der Waals surface area contributed by atoms with Crippen LogP contribution in [-0.4, -0.2) is 19.1 Å². The molecule has 0 saturated heterocycles. The first-order chi connectivity index (χ1) is 10.7. The summed E-state index contributed by atoms with van der Waals surface area (Å²) in [7, 11) is 1.63. The molecule has 4 nitrogen and oxygen atoms in total. The monoisotopic (exact) mass is 297 g/mol. The molecule has 4 heteroatoms. The summed E-state index contributed by atoms with van der Waals surface area (Å²) >= 11 is 0. The van der Waals surface area contributed by atoms with Gasteiger partial charge < -0.3 is 14.8 Å². The number of fused-ring (bicyclic) bond motifs is 1. The quantitative estimate of drug-likeness (QED) is 0.944. The van der Waals surface area contributed by atoms with E-state index in [-0.39, 0.29) is 11.9 Å². The molecular weight excluding hydrogens is 278 g/mol. The maximum Gasteiger partial charge on any atom is 0.261 e. The third-order valence-electron chi connectivity index (χ3n) is 3.90. The van der Waals surface area contributed by atoms with Crippen molar-refractivity contribution in [1.82, 2.24) is 5.32 Å². The molecule has 2 aromatic carbocycles. The summed E-state index contributed by atoms with van der Waals surface area (Å²) in [5.41, 5.74) is 2.03. The van der Waals surface area contributed by atoms with Crippen LogP contribution in [0.4, 0.5) is 0 Å². The highest BCUT2D eigenvalue weighted by atomic mass is 16.5. The number of carbonyl (C=O) groups excluding carboxylic acids is 1. The average molecular weight is 297 g/mol. The van der Waals surface area contributed by atoms with Crippen LogP contribution in [-0.2, 0) is 11.2 Å². The molecule has 1 aliphatic rings. The number of nitrogens with one attached hydrogen (secondary N) is 1. The van der Waals surface area contributed by atoms with Gasteiger partial charge in [0.25, 0.3) is 5.91 Å². The number of ether oxygens (including phenoxy) is 2. The number of methoxy groups -OCH3 is 1. The summed E-state index contributed by atoms with van der Waals surface area (Å²) in [6.07, 6.45) is 0.148. The lowest BCUT2D eigenvalue weighted by atomic mass is 10.1. The van der Waals surface area contributed by atoms with Crippen molar-refractivity contribution in [3.05, 3.63) is 59.7 Å². The van der Waals surface area contributed by atoms with Crippen LogP contribution in [0.2, 0.25) is 0 Å². The fourth-order valence-electron chi connectivity index (χ4n) is 2.74. The number of benzene rings is 2. The Kier molecular flexibility index (Phi) is 4.00. The topological polar surface area (TPSA) is 47.6 Å². The number of rotatable bonds is 4. The highest BCUT2D eigenvalue weighted by molar-refractivity contribution is 5.83. The van der Waals surface area contributed by atoms with Crippen molar-refractivity contribution in [3.8, 4) is 11.5 Å². The molecule has 2 aromatic rings. The van der Waals surface area contributed by atoms with E-state index in [4.69, 9.17) is 9.47 Å². The number of hydrogen-bond donors (Lipinski definition) is 1. The Morgan fingerprint density at radius 3 is 2.73 bits per heavy atom. The normalized spacial score (nSPS) is 17.3. The molecular formula is C18H19NO3. The van der Waals surface area contributed by atoms with E-state index in [0.29, 0.717) is 6.42 Å². The summed E-state index contributed by atoms with van der Waals surface area (Å²) in [4.78, 5) is 12.4. The van der Waals surface area contributed by atoms with Crippen LogP contribution in [0.3, 0.4) is 0 Å². The molecule has 0 aliphatic carbocycles. The lowest BCUT2D eigenvalue weighted by Gasteiger charge is -2.19. The Bertz CT molecular complexity index is 659. The van der Waals surface area contributed by atoms with E-state index in [1.165, 1.54) is 0 Å². The molecule has 22 heavy (non-hydrogen) atoms. The molecule has 1 N–H and O–H groups in total. The van der Waals surface area contributed by atoms with Gasteiger partial charge in [0.15, 0.2) is 6.10 Å². The van der Waals surface area contributed by atoms with Crippen molar-refractivity contribution < 1.29 is 14.3 Å². The van der Waals surface area contributed by atoms with E-state index in [2.05, 4.69) is 5.32 Å². The second-order valence-electron chi connectivity index (χ2n) is 5.39. The van der Waals surface area contributed by atoms with Crippen molar-refractivity contribution in [2.24, 2.45) is 0 Å². The Hall–Kier alpha value is -2.49. The average Bonchev–Trinajstić information content (AvgIpc) is 2.99. The van der Waals surface area contributed by atoms with Crippen LogP contribution in [0.15, 0.2) is 48.5 Å². The van der Waals surface area contributed by atoms with Gasteiger partial charge in [0.2, 0.25) is 0 Å². The van der Waals surface area contributed by atoms with Gasteiger partial charge in [-0.2, -0.15) is 0 Å². The van der Waals surface area contributed by atoms with Crippen molar-refractivity contribution in [3.63, 3.8) is 0 Å². The summed E-state index contributed by atoms with van der Waals surface area (Å²) in [5.74, 6) is 1.47. The highest BCUT2D eigenvalue weighted by Gasteiger charge is 2.29. The Balaban J connectivity index is 1.68. The van der Waals surface area contributed by atoms with E-state index in [0.717, 1.165) is 22.6 Å². The van der Waals surface area contributed by atoms with Crippen molar-refractivity contribution >= 4 is 5.91 Å². The Morgan fingerprint density at radius 1 is 1.23 bits per heavy atom. The van der Waals surface area contributed by atoms with Crippen molar-refractivity contribution in [2.45, 2.75) is 25.5 Å². The van der Waals surface area contributed by atoms with Crippen LogP contribution in [0.5, 0.6) is 11.5 Å². The number of para-hydroxylation sites is 2. The zero-order chi connectivity index (χ0) is 15.5. The Labute approximate surface area is 130 Å². The van der Waals surface area contributed by atoms with Crippen molar-refractivity contribution in [2.75, 3.05) is 7.11 Å². The lowest BCUT2D eigenvalue weighted by molar-refractivity contribution is -0.127. The summed E-state index contributed by atoms with van der Waals surface area (Å²) in [6.45, 7) is 1.94. The summed E-state index contributed by atoms with van der Waals surface area (Å²) in [6, 6.07) is 15.3. The van der Waals surface area contributed by atoms with Gasteiger partial charge >= 0.3 is 0 Å². The molecule has 3 rings (SSSR count). The third-order valence-corrected chi connectivity index (χ3v) is 3.90. The highest BCUT2D eigenvalue weighted by Crippen LogP contribution is 2.29. The first kappa shape index (κ1) is 14.4. The fraction of sp³-hybridized carbons (Fsp3) is 0.278. The zero-order valence-corrected chi connectivity index (χ0v) is 12.7. The zero-order valence-electron chi connectivity index (χ0n) is 12.7. The van der Waals surface area contributed by atoms with Gasteiger partial charge in [-0.3, -0.25) is 4.79 Å². The van der Waals surface area contributed by atoms with Crippen molar-refractivity contribution in [1.29, 1.82) is 0 Å². The molecule has 0 aromatic heterocycles. The molecule has 114 valence electrons. The van der Waals surface area contributed by atoms with Crippen LogP contribution in [0, 0.1) is 0 Å². The van der Waals surface area contributed by atoms with E-state index >= 15 is 0 Å². The minimum atomic E-state index is -0.463. The molecule has 2 atom stereocenters. The maximum atomic E-state index is 12.4. The summed E-state index contributed by atoms with van der Waals surface area (Å²) in [5, 5.41) is 3.00. The van der Waals surface area contributed by atoms with Crippen LogP contribution in [0.1, 0.15) is 24.1 Å². The maximum absolute atomic E-state index is 12.4. The number of amides is 1. The van der Waals surface area contributed by atoms with E-state index in [1.807, 2.05) is 55.5 Å². The fourth-order valence-corrected chi connectivity index (χ4v) is 2.74. The first-order valence-electron chi connectivity index (χ1n) is 7.37. The molecule has 0 saturated carbocycles. The Morgan fingerprint density at radius 2 is 1.95 bits per heavy atom. The minimum Gasteiger partial charge on any atom is -0.496 e. The van der Waals surface area contributed by atoms with Gasteiger partial charge in [-0.1, -0.05) is 36.4 Å². The molecule has 0 unspecified atom stereocenters. The molecule has 0 fully saturated rings. The second-order valence-corrected chi connectivity index (χ2v) is 5.39. The molecule has 1 aliphatic heterocycles. The van der Waals surface area contributed by atoms with Crippen LogP contribution in [0.25, 0.3) is 0 Å². The van der Waals surface area contributed by atoms with Gasteiger partial charge in [0.05, 0.1) is 13.2 Å². The molecule has 1 amide bonds. The predicted molar refractivity (Wildman–Crippen MR) is 84.1 cm³/mol. The van der Waals surface area contributed by atoms with E-state index in [9.17, 15) is 4.79 Å². The number of carbonyl (C=O) groups is 1. The molecule has 0 bridgehead atoms. The van der Waals surface area contributed by atoms with E-state index < -0.39 is 6.10 Å². The van der Waals surface area contributed by atoms with Gasteiger partial charge in [0, 0.05) is 12.0 Å². The van der Waals surface area contributed by atoms with Gasteiger partial charge in [-0.15, -0.1) is 0 Å². The molecule has 1 heterocycles. The van der Waals surface area contributed by atoms with Crippen LogP contribution < -0.4 is 14.8 Å². The largest absolute Gasteiger partial charge is 0.496 e. The van der Waals surface area contributed by atoms with Gasteiger partial charge in [0.1, 0.15) is 11.5 Å². The molecule has 0 spiro atoms. The van der Waals surface area contributed by atoms with Crippen LogP contribution >= 0.6 is 0 Å². The standard InChI is InChI=1S/C18H19NO3/c1-12(14-8-4-6-10-16(14)21-2)19-18(20)17-11-13-7-3-5-9-15(13)22-17/h3-10,12,17H,11H2,1-2H3,(H,19,20)/t12-,17-/m1/s1.